The van der Waals surface area contributed by atoms with Gasteiger partial charge in [0.05, 0.1) is 0 Å². The summed E-state index contributed by atoms with van der Waals surface area (Å²) in [7, 11) is 0. The van der Waals surface area contributed by atoms with Crippen LogP contribution in [0, 0.1) is 5.92 Å². The van der Waals surface area contributed by atoms with Crippen LogP contribution in [-0.2, 0) is 0 Å². The highest BCUT2D eigenvalue weighted by Crippen LogP contribution is 2.15. The lowest BCUT2D eigenvalue weighted by atomic mass is 9.99. The van der Waals surface area contributed by atoms with Gasteiger partial charge in [-0.05, 0) is 40.5 Å². The summed E-state index contributed by atoms with van der Waals surface area (Å²) in [5, 5.41) is 3.62. The molecular weight excluding hydrogens is 208 g/mol. The van der Waals surface area contributed by atoms with Gasteiger partial charge in [-0.25, -0.2) is 0 Å². The fraction of sp³-hybridized carbons (Fsp3) is 0.867. The maximum absolute atomic E-state index is 3.87. The lowest BCUT2D eigenvalue weighted by molar-refractivity contribution is 0.125. The number of rotatable bonds is 7. The maximum atomic E-state index is 3.87. The van der Waals surface area contributed by atoms with Crippen LogP contribution < -0.4 is 5.32 Å². The van der Waals surface area contributed by atoms with Gasteiger partial charge in [0, 0.05) is 30.7 Å². The molecule has 2 nitrogen and oxygen atoms in total. The highest BCUT2D eigenvalue weighted by molar-refractivity contribution is 4.86. The van der Waals surface area contributed by atoms with E-state index in [4.69, 9.17) is 0 Å². The lowest BCUT2D eigenvalue weighted by Gasteiger charge is -2.38. The largest absolute Gasteiger partial charge is 0.311 e. The first-order valence-electron chi connectivity index (χ1n) is 6.80. The van der Waals surface area contributed by atoms with E-state index in [1.165, 1.54) is 0 Å². The van der Waals surface area contributed by atoms with Gasteiger partial charge in [0.25, 0.3) is 0 Å². The van der Waals surface area contributed by atoms with Crippen LogP contribution in [0.25, 0.3) is 0 Å². The Morgan fingerprint density at radius 2 is 1.71 bits per heavy atom. The molecule has 1 unspecified atom stereocenters. The Morgan fingerprint density at radius 3 is 2.00 bits per heavy atom. The molecule has 0 aromatic heterocycles. The van der Waals surface area contributed by atoms with Crippen molar-refractivity contribution in [3.05, 3.63) is 12.7 Å². The average molecular weight is 240 g/mol. The van der Waals surface area contributed by atoms with Crippen LogP contribution in [0.3, 0.4) is 0 Å². The van der Waals surface area contributed by atoms with Crippen LogP contribution in [0.4, 0.5) is 0 Å². The summed E-state index contributed by atoms with van der Waals surface area (Å²) in [6, 6.07) is 1.12. The minimum atomic E-state index is 0.184. The van der Waals surface area contributed by atoms with E-state index in [0.29, 0.717) is 18.0 Å². The molecule has 0 aliphatic carbocycles. The minimum Gasteiger partial charge on any atom is -0.311 e. The summed E-state index contributed by atoms with van der Waals surface area (Å²) in [4.78, 5) is 2.52. The molecular formula is C15H32N2. The summed E-state index contributed by atoms with van der Waals surface area (Å²) < 4.78 is 0. The van der Waals surface area contributed by atoms with E-state index >= 15 is 0 Å². The molecule has 0 radical (unpaired) electrons. The Hall–Kier alpha value is -0.340. The molecule has 102 valence electrons. The van der Waals surface area contributed by atoms with Crippen LogP contribution in [-0.4, -0.2) is 35.6 Å². The molecule has 0 aliphatic heterocycles. The Balaban J connectivity index is 4.63. The molecule has 0 spiro atoms. The summed E-state index contributed by atoms with van der Waals surface area (Å²) in [5.41, 5.74) is 0.184. The zero-order valence-electron chi connectivity index (χ0n) is 12.9. The van der Waals surface area contributed by atoms with Crippen molar-refractivity contribution in [1.29, 1.82) is 0 Å². The average Bonchev–Trinajstić information content (AvgIpc) is 2.13. The lowest BCUT2D eigenvalue weighted by Crippen LogP contribution is -2.52. The molecule has 0 aromatic rings. The van der Waals surface area contributed by atoms with E-state index in [-0.39, 0.29) is 5.54 Å². The summed E-state index contributed by atoms with van der Waals surface area (Å²) >= 11 is 0. The molecule has 0 bridgehead atoms. The molecule has 1 atom stereocenters. The SMILES string of the molecule is C=CCN(C(C)C)C(CNC(C)(C)C)C(C)C. The first-order valence-corrected chi connectivity index (χ1v) is 6.80. The van der Waals surface area contributed by atoms with E-state index < -0.39 is 0 Å². The fourth-order valence-electron chi connectivity index (χ4n) is 2.02. The van der Waals surface area contributed by atoms with Gasteiger partial charge < -0.3 is 5.32 Å². The van der Waals surface area contributed by atoms with Gasteiger partial charge >= 0.3 is 0 Å². The van der Waals surface area contributed by atoms with Gasteiger partial charge in [-0.2, -0.15) is 0 Å². The molecule has 0 rings (SSSR count). The number of nitrogens with zero attached hydrogens (tertiary/aromatic N) is 1. The second-order valence-electron chi connectivity index (χ2n) is 6.52. The Labute approximate surface area is 108 Å². The van der Waals surface area contributed by atoms with Gasteiger partial charge in [0.2, 0.25) is 0 Å². The van der Waals surface area contributed by atoms with Crippen molar-refractivity contribution in [2.75, 3.05) is 13.1 Å². The molecule has 0 amide bonds. The van der Waals surface area contributed by atoms with Gasteiger partial charge in [-0.1, -0.05) is 19.9 Å². The van der Waals surface area contributed by atoms with Gasteiger partial charge in [0.1, 0.15) is 0 Å². The molecule has 0 aliphatic rings. The predicted molar refractivity (Wildman–Crippen MR) is 78.4 cm³/mol. The van der Waals surface area contributed by atoms with Crippen molar-refractivity contribution in [1.82, 2.24) is 10.2 Å². The molecule has 0 aromatic carbocycles. The molecule has 0 fully saturated rings. The first-order chi connectivity index (χ1) is 7.69. The number of hydrogen-bond donors (Lipinski definition) is 1. The minimum absolute atomic E-state index is 0.184. The molecule has 1 N–H and O–H groups in total. The van der Waals surface area contributed by atoms with Gasteiger partial charge in [-0.3, -0.25) is 4.90 Å². The highest BCUT2D eigenvalue weighted by Gasteiger charge is 2.24. The van der Waals surface area contributed by atoms with Crippen molar-refractivity contribution in [3.8, 4) is 0 Å². The quantitative estimate of drug-likeness (QED) is 0.687. The normalized spacial score (nSPS) is 14.7. The second kappa shape index (κ2) is 7.17. The Bertz CT molecular complexity index is 213. The molecule has 17 heavy (non-hydrogen) atoms. The van der Waals surface area contributed by atoms with Crippen LogP contribution in [0.1, 0.15) is 48.5 Å². The monoisotopic (exact) mass is 240 g/mol. The topological polar surface area (TPSA) is 15.3 Å². The number of nitrogens with one attached hydrogen (secondary N) is 1. The summed E-state index contributed by atoms with van der Waals surface area (Å²) in [6.45, 7) is 21.6. The summed E-state index contributed by atoms with van der Waals surface area (Å²) in [6.07, 6.45) is 2.01. The Morgan fingerprint density at radius 1 is 1.18 bits per heavy atom. The smallest absolute Gasteiger partial charge is 0.0249 e. The van der Waals surface area contributed by atoms with E-state index in [2.05, 4.69) is 65.3 Å². The fourth-order valence-corrected chi connectivity index (χ4v) is 2.02. The van der Waals surface area contributed by atoms with Crippen LogP contribution in [0.2, 0.25) is 0 Å². The van der Waals surface area contributed by atoms with Crippen LogP contribution >= 0.6 is 0 Å². The Kier molecular flexibility index (Phi) is 7.03. The first kappa shape index (κ1) is 16.7. The summed E-state index contributed by atoms with van der Waals surface area (Å²) in [5.74, 6) is 0.646. The third-order valence-corrected chi connectivity index (χ3v) is 3.04. The third kappa shape index (κ3) is 6.85. The van der Waals surface area contributed by atoms with Crippen molar-refractivity contribution < 1.29 is 0 Å². The zero-order chi connectivity index (χ0) is 13.6. The van der Waals surface area contributed by atoms with E-state index in [1.54, 1.807) is 0 Å². The maximum Gasteiger partial charge on any atom is 0.0249 e. The predicted octanol–water partition coefficient (Wildman–Crippen LogP) is 3.30. The number of hydrogen-bond acceptors (Lipinski definition) is 2. The van der Waals surface area contributed by atoms with Gasteiger partial charge in [0.15, 0.2) is 0 Å². The van der Waals surface area contributed by atoms with Crippen molar-refractivity contribution in [3.63, 3.8) is 0 Å². The molecule has 0 saturated heterocycles. The van der Waals surface area contributed by atoms with E-state index in [1.807, 2.05) is 6.08 Å². The zero-order valence-corrected chi connectivity index (χ0v) is 12.9. The van der Waals surface area contributed by atoms with Crippen LogP contribution in [0.5, 0.6) is 0 Å². The standard InChI is InChI=1S/C15H32N2/c1-9-10-17(13(4)5)14(12(2)3)11-16-15(6,7)8/h9,12-14,16H,1,10-11H2,2-8H3. The second-order valence-corrected chi connectivity index (χ2v) is 6.52. The molecule has 0 heterocycles. The molecule has 2 heteroatoms. The van der Waals surface area contributed by atoms with Crippen LogP contribution in [0.15, 0.2) is 12.7 Å². The van der Waals surface area contributed by atoms with Gasteiger partial charge in [-0.15, -0.1) is 6.58 Å². The van der Waals surface area contributed by atoms with E-state index in [0.717, 1.165) is 13.1 Å². The van der Waals surface area contributed by atoms with Crippen molar-refractivity contribution in [2.24, 2.45) is 5.92 Å². The van der Waals surface area contributed by atoms with Crippen molar-refractivity contribution >= 4 is 0 Å². The third-order valence-electron chi connectivity index (χ3n) is 3.04. The molecule has 0 saturated carbocycles. The van der Waals surface area contributed by atoms with Crippen molar-refractivity contribution in [2.45, 2.75) is 66.1 Å². The highest BCUT2D eigenvalue weighted by atomic mass is 15.2. The van der Waals surface area contributed by atoms with E-state index in [9.17, 15) is 0 Å².